The monoisotopic (exact) mass is 210 g/mol. The minimum Gasteiger partial charge on any atom is -0.306 e. The molecule has 15 heavy (non-hydrogen) atoms. The molecule has 1 rings (SSSR count). The molecule has 1 atom stereocenters. The highest BCUT2D eigenvalue weighted by molar-refractivity contribution is 4.93. The Bertz CT molecular complexity index is 179. The van der Waals surface area contributed by atoms with Gasteiger partial charge in [-0.25, -0.2) is 0 Å². The highest BCUT2D eigenvalue weighted by atomic mass is 15.1. The third-order valence-electron chi connectivity index (χ3n) is 3.10. The van der Waals surface area contributed by atoms with Crippen LogP contribution in [-0.2, 0) is 0 Å². The second kappa shape index (κ2) is 7.02. The van der Waals surface area contributed by atoms with Crippen molar-refractivity contribution in [3.05, 3.63) is 12.2 Å². The van der Waals surface area contributed by atoms with E-state index >= 15 is 0 Å². The quantitative estimate of drug-likeness (QED) is 0.657. The molecule has 0 aliphatic carbocycles. The average molecular weight is 210 g/mol. The molecule has 88 valence electrons. The standard InChI is InChI=1S/C13H26N2/c1-13(9-8-10-14(2)3)15-11-6-4-5-7-12-15/h8-9,13H,4-7,10-12H2,1-3H3/b9-8+. The van der Waals surface area contributed by atoms with E-state index in [2.05, 4.69) is 43.0 Å². The Labute approximate surface area is 94.9 Å². The molecule has 1 unspecified atom stereocenters. The second-order valence-corrected chi connectivity index (χ2v) is 4.88. The third kappa shape index (κ3) is 5.33. The Hall–Kier alpha value is -0.340. The van der Waals surface area contributed by atoms with Crippen LogP contribution >= 0.6 is 0 Å². The van der Waals surface area contributed by atoms with Gasteiger partial charge >= 0.3 is 0 Å². The predicted molar refractivity (Wildman–Crippen MR) is 67.2 cm³/mol. The van der Waals surface area contributed by atoms with Gasteiger partial charge in [0.2, 0.25) is 0 Å². The van der Waals surface area contributed by atoms with Crippen LogP contribution in [0.15, 0.2) is 12.2 Å². The van der Waals surface area contributed by atoms with E-state index in [9.17, 15) is 0 Å². The lowest BCUT2D eigenvalue weighted by molar-refractivity contribution is 0.250. The van der Waals surface area contributed by atoms with Crippen molar-refractivity contribution in [3.63, 3.8) is 0 Å². The van der Waals surface area contributed by atoms with Crippen LogP contribution in [0.1, 0.15) is 32.6 Å². The normalized spacial score (nSPS) is 22.1. The molecule has 1 saturated heterocycles. The molecule has 1 fully saturated rings. The summed E-state index contributed by atoms with van der Waals surface area (Å²) in [5.74, 6) is 0. The molecule has 0 radical (unpaired) electrons. The fourth-order valence-electron chi connectivity index (χ4n) is 2.09. The maximum Gasteiger partial charge on any atom is 0.0250 e. The van der Waals surface area contributed by atoms with Crippen LogP contribution in [0.2, 0.25) is 0 Å². The topological polar surface area (TPSA) is 6.48 Å². The van der Waals surface area contributed by atoms with Crippen LogP contribution in [0.25, 0.3) is 0 Å². The Balaban J connectivity index is 2.30. The number of likely N-dealkylation sites (tertiary alicyclic amines) is 1. The first-order valence-corrected chi connectivity index (χ1v) is 6.25. The molecule has 0 spiro atoms. The van der Waals surface area contributed by atoms with Crippen molar-refractivity contribution in [2.45, 2.75) is 38.6 Å². The first-order valence-electron chi connectivity index (χ1n) is 6.25. The molecular formula is C13H26N2. The largest absolute Gasteiger partial charge is 0.306 e. The number of likely N-dealkylation sites (N-methyl/N-ethyl adjacent to an activating group) is 1. The lowest BCUT2D eigenvalue weighted by atomic mass is 10.2. The van der Waals surface area contributed by atoms with Crippen molar-refractivity contribution >= 4 is 0 Å². The van der Waals surface area contributed by atoms with Gasteiger partial charge in [0.15, 0.2) is 0 Å². The summed E-state index contributed by atoms with van der Waals surface area (Å²) in [7, 11) is 4.22. The molecule has 1 aliphatic heterocycles. The van der Waals surface area contributed by atoms with Gasteiger partial charge in [0.05, 0.1) is 0 Å². The number of hydrogen-bond donors (Lipinski definition) is 0. The molecule has 0 aromatic carbocycles. The van der Waals surface area contributed by atoms with E-state index < -0.39 is 0 Å². The van der Waals surface area contributed by atoms with Gasteiger partial charge in [0, 0.05) is 12.6 Å². The highest BCUT2D eigenvalue weighted by Crippen LogP contribution is 2.12. The van der Waals surface area contributed by atoms with Gasteiger partial charge in [-0.15, -0.1) is 0 Å². The van der Waals surface area contributed by atoms with Gasteiger partial charge in [-0.1, -0.05) is 25.0 Å². The summed E-state index contributed by atoms with van der Waals surface area (Å²) in [6.45, 7) is 5.94. The zero-order valence-electron chi connectivity index (χ0n) is 10.6. The molecule has 0 aromatic rings. The van der Waals surface area contributed by atoms with Gasteiger partial charge in [-0.2, -0.15) is 0 Å². The molecule has 1 heterocycles. The van der Waals surface area contributed by atoms with Gasteiger partial charge in [0.1, 0.15) is 0 Å². The minimum atomic E-state index is 0.614. The Morgan fingerprint density at radius 3 is 2.27 bits per heavy atom. The Morgan fingerprint density at radius 1 is 1.13 bits per heavy atom. The first-order chi connectivity index (χ1) is 7.20. The zero-order valence-corrected chi connectivity index (χ0v) is 10.6. The van der Waals surface area contributed by atoms with Crippen molar-refractivity contribution in [2.24, 2.45) is 0 Å². The molecule has 1 aliphatic rings. The smallest absolute Gasteiger partial charge is 0.0250 e. The van der Waals surface area contributed by atoms with Crippen molar-refractivity contribution in [1.82, 2.24) is 9.80 Å². The molecule has 0 bridgehead atoms. The van der Waals surface area contributed by atoms with E-state index in [0.717, 1.165) is 6.54 Å². The van der Waals surface area contributed by atoms with Crippen LogP contribution < -0.4 is 0 Å². The van der Waals surface area contributed by atoms with Crippen molar-refractivity contribution in [3.8, 4) is 0 Å². The number of hydrogen-bond acceptors (Lipinski definition) is 2. The maximum absolute atomic E-state index is 2.61. The van der Waals surface area contributed by atoms with E-state index in [1.165, 1.54) is 38.8 Å². The zero-order chi connectivity index (χ0) is 11.1. The van der Waals surface area contributed by atoms with E-state index in [-0.39, 0.29) is 0 Å². The summed E-state index contributed by atoms with van der Waals surface area (Å²) in [4.78, 5) is 4.81. The van der Waals surface area contributed by atoms with Crippen molar-refractivity contribution < 1.29 is 0 Å². The average Bonchev–Trinajstić information content (AvgIpc) is 2.44. The fraction of sp³-hybridized carbons (Fsp3) is 0.846. The molecule has 0 saturated carbocycles. The maximum atomic E-state index is 2.61. The summed E-state index contributed by atoms with van der Waals surface area (Å²) < 4.78 is 0. The van der Waals surface area contributed by atoms with Crippen LogP contribution in [0.3, 0.4) is 0 Å². The SMILES string of the molecule is CC(/C=C/CN(C)C)N1CCCCCC1. The molecule has 2 nitrogen and oxygen atoms in total. The fourth-order valence-corrected chi connectivity index (χ4v) is 2.09. The Morgan fingerprint density at radius 2 is 1.73 bits per heavy atom. The Kier molecular flexibility index (Phi) is 5.96. The van der Waals surface area contributed by atoms with Gasteiger partial charge in [0.25, 0.3) is 0 Å². The van der Waals surface area contributed by atoms with Crippen LogP contribution in [0.4, 0.5) is 0 Å². The van der Waals surface area contributed by atoms with E-state index in [1.54, 1.807) is 0 Å². The summed E-state index contributed by atoms with van der Waals surface area (Å²) in [6.07, 6.45) is 10.2. The first kappa shape index (κ1) is 12.7. The third-order valence-corrected chi connectivity index (χ3v) is 3.10. The summed E-state index contributed by atoms with van der Waals surface area (Å²) in [6, 6.07) is 0.614. The van der Waals surface area contributed by atoms with Crippen molar-refractivity contribution in [1.29, 1.82) is 0 Å². The van der Waals surface area contributed by atoms with E-state index in [0.29, 0.717) is 6.04 Å². The number of rotatable bonds is 4. The predicted octanol–water partition coefficient (Wildman–Crippen LogP) is 2.37. The van der Waals surface area contributed by atoms with Crippen LogP contribution in [0, 0.1) is 0 Å². The highest BCUT2D eigenvalue weighted by Gasteiger charge is 2.12. The lowest BCUT2D eigenvalue weighted by Gasteiger charge is -2.25. The molecule has 0 aromatic heterocycles. The van der Waals surface area contributed by atoms with Gasteiger partial charge in [-0.05, 0) is 47.0 Å². The van der Waals surface area contributed by atoms with Crippen LogP contribution in [-0.4, -0.2) is 49.6 Å². The summed E-state index contributed by atoms with van der Waals surface area (Å²) in [5, 5.41) is 0. The molecule has 2 heteroatoms. The minimum absolute atomic E-state index is 0.614. The van der Waals surface area contributed by atoms with Crippen LogP contribution in [0.5, 0.6) is 0 Å². The summed E-state index contributed by atoms with van der Waals surface area (Å²) in [5.41, 5.74) is 0. The molecular weight excluding hydrogens is 184 g/mol. The van der Waals surface area contributed by atoms with Crippen molar-refractivity contribution in [2.75, 3.05) is 33.7 Å². The van der Waals surface area contributed by atoms with Gasteiger partial charge < -0.3 is 4.90 Å². The van der Waals surface area contributed by atoms with Gasteiger partial charge in [-0.3, -0.25) is 4.90 Å². The van der Waals surface area contributed by atoms with E-state index in [1.807, 2.05) is 0 Å². The lowest BCUT2D eigenvalue weighted by Crippen LogP contribution is -2.32. The molecule has 0 N–H and O–H groups in total. The molecule has 0 amide bonds. The second-order valence-electron chi connectivity index (χ2n) is 4.88. The van der Waals surface area contributed by atoms with E-state index in [4.69, 9.17) is 0 Å². The number of nitrogens with zero attached hydrogens (tertiary/aromatic N) is 2. The summed E-state index contributed by atoms with van der Waals surface area (Å²) >= 11 is 0.